The van der Waals surface area contributed by atoms with Crippen LogP contribution in [0.4, 0.5) is 23.3 Å². The van der Waals surface area contributed by atoms with Crippen LogP contribution in [0, 0.1) is 0 Å². The smallest absolute Gasteiger partial charge is 0.232 e. The quantitative estimate of drug-likeness (QED) is 0.510. The summed E-state index contributed by atoms with van der Waals surface area (Å²) in [7, 11) is 0. The van der Waals surface area contributed by atoms with Gasteiger partial charge in [0.2, 0.25) is 5.95 Å². The maximum Gasteiger partial charge on any atom is 0.232 e. The first-order valence-corrected chi connectivity index (χ1v) is 11.9. The summed E-state index contributed by atoms with van der Waals surface area (Å²) in [6.07, 6.45) is 5.44. The van der Waals surface area contributed by atoms with Gasteiger partial charge in [-0.3, -0.25) is 0 Å². The maximum absolute atomic E-state index is 5.41. The average molecular weight is 452 g/mol. The number of anilines is 4. The van der Waals surface area contributed by atoms with Crippen molar-refractivity contribution >= 4 is 40.6 Å². The highest BCUT2D eigenvalue weighted by Gasteiger charge is 2.24. The van der Waals surface area contributed by atoms with Gasteiger partial charge in [-0.05, 0) is 50.5 Å². The third-order valence-electron chi connectivity index (χ3n) is 6.15. The number of hydrogen-bond donors (Lipinski definition) is 2. The number of benzene rings is 1. The zero-order valence-electron chi connectivity index (χ0n) is 18.8. The molecule has 3 heterocycles. The van der Waals surface area contributed by atoms with Crippen molar-refractivity contribution in [1.82, 2.24) is 15.3 Å². The molecule has 32 heavy (non-hydrogen) atoms. The lowest BCUT2D eigenvalue weighted by atomic mass is 10.0. The van der Waals surface area contributed by atoms with Gasteiger partial charge >= 0.3 is 0 Å². The summed E-state index contributed by atoms with van der Waals surface area (Å²) in [4.78, 5) is 16.8. The Balaban J connectivity index is 1.53. The minimum atomic E-state index is 0.472. The Labute approximate surface area is 196 Å². The lowest BCUT2D eigenvalue weighted by molar-refractivity contribution is 0.481. The van der Waals surface area contributed by atoms with Crippen molar-refractivity contribution in [3.63, 3.8) is 0 Å². The summed E-state index contributed by atoms with van der Waals surface area (Å²) >= 11 is 5.41. The average Bonchev–Trinajstić information content (AvgIpc) is 2.83. The Hall–Kier alpha value is -2.87. The number of piperidine rings is 1. The molecule has 2 aromatic rings. The Morgan fingerprint density at radius 2 is 1.78 bits per heavy atom. The molecule has 1 atom stereocenters. The van der Waals surface area contributed by atoms with Crippen molar-refractivity contribution in [2.24, 2.45) is 0 Å². The molecule has 7 nitrogen and oxygen atoms in total. The molecule has 1 aromatic carbocycles. The summed E-state index contributed by atoms with van der Waals surface area (Å²) in [5.41, 5.74) is 1.28. The predicted octanol–water partition coefficient (Wildman–Crippen LogP) is 3.65. The highest BCUT2D eigenvalue weighted by molar-refractivity contribution is 7.80. The summed E-state index contributed by atoms with van der Waals surface area (Å²) in [6, 6.07) is 13.2. The second-order valence-electron chi connectivity index (χ2n) is 8.38. The Morgan fingerprint density at radius 1 is 1.06 bits per heavy atom. The first-order chi connectivity index (χ1) is 15.6. The minimum Gasteiger partial charge on any atom is -0.368 e. The Kier molecular flexibility index (Phi) is 7.42. The number of para-hydroxylation sites is 1. The molecule has 2 saturated heterocycles. The third kappa shape index (κ3) is 5.48. The zero-order valence-corrected chi connectivity index (χ0v) is 19.7. The maximum atomic E-state index is 5.41. The fraction of sp³-hybridized carbons (Fsp3) is 0.458. The van der Waals surface area contributed by atoms with Crippen molar-refractivity contribution in [3.05, 3.63) is 49.1 Å². The predicted molar refractivity (Wildman–Crippen MR) is 138 cm³/mol. The number of nitrogens with one attached hydrogen (secondary N) is 2. The molecule has 0 spiro atoms. The number of aromatic nitrogens is 2. The fourth-order valence-corrected chi connectivity index (χ4v) is 4.54. The van der Waals surface area contributed by atoms with E-state index in [4.69, 9.17) is 22.2 Å². The summed E-state index contributed by atoms with van der Waals surface area (Å²) in [5.74, 6) is 2.47. The van der Waals surface area contributed by atoms with Gasteiger partial charge < -0.3 is 25.3 Å². The Morgan fingerprint density at radius 3 is 2.50 bits per heavy atom. The van der Waals surface area contributed by atoms with Gasteiger partial charge in [-0.25, -0.2) is 0 Å². The van der Waals surface area contributed by atoms with Gasteiger partial charge in [0, 0.05) is 57.1 Å². The van der Waals surface area contributed by atoms with Crippen LogP contribution >= 0.6 is 12.2 Å². The van der Waals surface area contributed by atoms with Crippen molar-refractivity contribution in [1.29, 1.82) is 0 Å². The highest BCUT2D eigenvalue weighted by atomic mass is 32.1. The largest absolute Gasteiger partial charge is 0.368 e. The number of hydrogen-bond acceptors (Lipinski definition) is 6. The van der Waals surface area contributed by atoms with Crippen LogP contribution in [0.5, 0.6) is 0 Å². The van der Waals surface area contributed by atoms with Gasteiger partial charge in [0.25, 0.3) is 0 Å². The number of rotatable bonds is 6. The van der Waals surface area contributed by atoms with Gasteiger partial charge in [0.05, 0.1) is 0 Å². The molecule has 4 rings (SSSR count). The second-order valence-corrected chi connectivity index (χ2v) is 8.79. The molecule has 2 aliphatic rings. The summed E-state index contributed by atoms with van der Waals surface area (Å²) in [6.45, 7) is 11.4. The number of thiocarbonyl (C=S) groups is 1. The summed E-state index contributed by atoms with van der Waals surface area (Å²) in [5, 5.41) is 6.78. The van der Waals surface area contributed by atoms with Crippen molar-refractivity contribution in [3.8, 4) is 0 Å². The molecule has 0 saturated carbocycles. The van der Waals surface area contributed by atoms with Crippen molar-refractivity contribution in [2.45, 2.75) is 32.2 Å². The van der Waals surface area contributed by atoms with Gasteiger partial charge in [0.1, 0.15) is 11.6 Å². The van der Waals surface area contributed by atoms with Crippen LogP contribution < -0.4 is 25.3 Å². The molecular formula is C24H33N7S. The molecule has 0 bridgehead atoms. The van der Waals surface area contributed by atoms with E-state index in [-0.39, 0.29) is 0 Å². The monoisotopic (exact) mass is 451 g/mol. The molecule has 0 aliphatic carbocycles. The van der Waals surface area contributed by atoms with Crippen molar-refractivity contribution < 1.29 is 0 Å². The molecule has 2 aliphatic heterocycles. The highest BCUT2D eigenvalue weighted by Crippen LogP contribution is 2.28. The summed E-state index contributed by atoms with van der Waals surface area (Å²) < 4.78 is 0. The van der Waals surface area contributed by atoms with Crippen LogP contribution in [0.25, 0.3) is 0 Å². The van der Waals surface area contributed by atoms with Crippen LogP contribution in [-0.4, -0.2) is 60.4 Å². The number of piperazine rings is 1. The van der Waals surface area contributed by atoms with E-state index in [1.165, 1.54) is 24.9 Å². The van der Waals surface area contributed by atoms with Crippen LogP contribution in [0.15, 0.2) is 49.1 Å². The molecule has 8 heteroatoms. The lowest BCUT2D eigenvalue weighted by Gasteiger charge is -2.38. The molecule has 170 valence electrons. The Bertz CT molecular complexity index is 912. The van der Waals surface area contributed by atoms with Gasteiger partial charge in [-0.15, -0.1) is 6.58 Å². The second kappa shape index (κ2) is 10.6. The van der Waals surface area contributed by atoms with E-state index in [0.717, 1.165) is 44.4 Å². The van der Waals surface area contributed by atoms with E-state index in [2.05, 4.69) is 75.2 Å². The van der Waals surface area contributed by atoms with E-state index in [1.54, 1.807) is 6.08 Å². The molecule has 2 fully saturated rings. The van der Waals surface area contributed by atoms with Crippen LogP contribution in [-0.2, 0) is 0 Å². The SMILES string of the molecule is C=CCNC(=S)Nc1nc(N2CCN(c3ccccc3)CC2)cc(N2CCCC[C@H]2C)n1. The van der Waals surface area contributed by atoms with E-state index in [1.807, 2.05) is 0 Å². The van der Waals surface area contributed by atoms with Gasteiger partial charge in [-0.1, -0.05) is 24.3 Å². The van der Waals surface area contributed by atoms with Crippen molar-refractivity contribution in [2.75, 3.05) is 59.3 Å². The van der Waals surface area contributed by atoms with E-state index >= 15 is 0 Å². The van der Waals surface area contributed by atoms with E-state index < -0.39 is 0 Å². The van der Waals surface area contributed by atoms with Crippen LogP contribution in [0.3, 0.4) is 0 Å². The first kappa shape index (κ1) is 22.3. The van der Waals surface area contributed by atoms with E-state index in [0.29, 0.717) is 23.6 Å². The van der Waals surface area contributed by atoms with Gasteiger partial charge in [0.15, 0.2) is 5.11 Å². The standard InChI is InChI=1S/C24H33N7S/c1-3-12-25-24(32)28-23-26-21(18-22(27-23)31-13-8-7-9-19(31)2)30-16-14-29(15-17-30)20-10-5-4-6-11-20/h3-6,10-11,18-19H,1,7-9,12-17H2,2H3,(H2,25,26,27,28,32)/t19-/m1/s1. The lowest BCUT2D eigenvalue weighted by Crippen LogP contribution is -2.47. The molecule has 0 unspecified atom stereocenters. The molecule has 0 radical (unpaired) electrons. The molecular weight excluding hydrogens is 418 g/mol. The van der Waals surface area contributed by atoms with Gasteiger partial charge in [-0.2, -0.15) is 9.97 Å². The first-order valence-electron chi connectivity index (χ1n) is 11.5. The fourth-order valence-electron chi connectivity index (χ4n) is 4.37. The zero-order chi connectivity index (χ0) is 22.3. The van der Waals surface area contributed by atoms with E-state index in [9.17, 15) is 0 Å². The normalized spacial score (nSPS) is 18.9. The molecule has 0 amide bonds. The molecule has 2 N–H and O–H groups in total. The topological polar surface area (TPSA) is 59.6 Å². The minimum absolute atomic E-state index is 0.472. The van der Waals surface area contributed by atoms with Crippen LogP contribution in [0.2, 0.25) is 0 Å². The number of nitrogens with zero attached hydrogens (tertiary/aromatic N) is 5. The van der Waals surface area contributed by atoms with Crippen LogP contribution in [0.1, 0.15) is 26.2 Å². The molecule has 1 aromatic heterocycles. The third-order valence-corrected chi connectivity index (χ3v) is 6.40.